The summed E-state index contributed by atoms with van der Waals surface area (Å²) in [5.41, 5.74) is 0.256. The quantitative estimate of drug-likeness (QED) is 0.297. The summed E-state index contributed by atoms with van der Waals surface area (Å²) in [6.45, 7) is 0. The Kier molecular flexibility index (Phi) is 5.22. The molecule has 5 N–H and O–H groups in total. The summed E-state index contributed by atoms with van der Waals surface area (Å²) < 4.78 is 4.94. The van der Waals surface area contributed by atoms with E-state index in [2.05, 4.69) is 0 Å². The number of aliphatic hydroxyl groups is 2. The van der Waals surface area contributed by atoms with E-state index >= 15 is 0 Å². The van der Waals surface area contributed by atoms with Gasteiger partial charge in [-0.05, 0) is 29.8 Å². The Balaban J connectivity index is 2.07. The second kappa shape index (κ2) is 7.16. The fourth-order valence-electron chi connectivity index (χ4n) is 2.17. The molecule has 0 radical (unpaired) electrons. The first kappa shape index (κ1) is 17.5. The lowest BCUT2D eigenvalue weighted by atomic mass is 9.92. The van der Waals surface area contributed by atoms with Gasteiger partial charge in [0.05, 0.1) is 6.10 Å². The van der Waals surface area contributed by atoms with Crippen LogP contribution in [0.4, 0.5) is 0 Å². The first-order valence-electron chi connectivity index (χ1n) is 6.98. The Hall–Kier alpha value is -2.84. The Morgan fingerprint density at radius 1 is 1.17 bits per heavy atom. The van der Waals surface area contributed by atoms with Crippen LogP contribution in [0.3, 0.4) is 0 Å². The summed E-state index contributed by atoms with van der Waals surface area (Å²) in [5.74, 6) is -2.80. The smallest absolute Gasteiger partial charge is 0.331 e. The molecule has 0 saturated heterocycles. The van der Waals surface area contributed by atoms with Gasteiger partial charge in [-0.25, -0.2) is 9.59 Å². The molecule has 1 aromatic rings. The third-order valence-electron chi connectivity index (χ3n) is 3.46. The zero-order valence-corrected chi connectivity index (χ0v) is 12.4. The molecule has 1 aliphatic rings. The summed E-state index contributed by atoms with van der Waals surface area (Å²) in [6.07, 6.45) is -0.918. The van der Waals surface area contributed by atoms with Gasteiger partial charge in [-0.2, -0.15) is 0 Å². The predicted octanol–water partition coefficient (Wildman–Crippen LogP) is 0.159. The maximum absolute atomic E-state index is 11.8. The van der Waals surface area contributed by atoms with Gasteiger partial charge in [0.15, 0.2) is 11.5 Å². The summed E-state index contributed by atoms with van der Waals surface area (Å²) in [4.78, 5) is 22.7. The molecule has 0 spiro atoms. The Bertz CT molecular complexity index is 706. The van der Waals surface area contributed by atoms with Crippen LogP contribution in [0.2, 0.25) is 0 Å². The van der Waals surface area contributed by atoms with Crippen LogP contribution in [0.15, 0.2) is 35.9 Å². The highest BCUT2D eigenvalue weighted by Crippen LogP contribution is 2.25. The molecular formula is C16H16O8. The fourth-order valence-corrected chi connectivity index (χ4v) is 2.17. The van der Waals surface area contributed by atoms with E-state index in [1.54, 1.807) is 0 Å². The van der Waals surface area contributed by atoms with Crippen LogP contribution in [0, 0.1) is 0 Å². The van der Waals surface area contributed by atoms with Gasteiger partial charge < -0.3 is 30.3 Å². The average Bonchev–Trinajstić information content (AvgIpc) is 2.52. The highest BCUT2D eigenvalue weighted by molar-refractivity contribution is 5.89. The van der Waals surface area contributed by atoms with Crippen molar-refractivity contribution in [3.05, 3.63) is 41.5 Å². The van der Waals surface area contributed by atoms with Crippen molar-refractivity contribution in [2.24, 2.45) is 0 Å². The zero-order valence-electron chi connectivity index (χ0n) is 12.4. The van der Waals surface area contributed by atoms with Crippen molar-refractivity contribution in [2.75, 3.05) is 0 Å². The molecule has 0 aliphatic heterocycles. The van der Waals surface area contributed by atoms with Crippen molar-refractivity contribution in [3.8, 4) is 11.5 Å². The van der Waals surface area contributed by atoms with Crippen molar-refractivity contribution in [1.82, 2.24) is 0 Å². The number of ether oxygens (including phenoxy) is 1. The number of rotatable bonds is 4. The van der Waals surface area contributed by atoms with Gasteiger partial charge in [-0.1, -0.05) is 6.07 Å². The summed E-state index contributed by atoms with van der Waals surface area (Å²) >= 11 is 0. The molecule has 0 aromatic heterocycles. The third kappa shape index (κ3) is 4.12. The fraction of sp³-hybridized carbons (Fsp3) is 0.250. The maximum atomic E-state index is 11.8. The van der Waals surface area contributed by atoms with Crippen LogP contribution in [0.25, 0.3) is 6.08 Å². The Morgan fingerprint density at radius 2 is 1.88 bits per heavy atom. The Morgan fingerprint density at radius 3 is 2.50 bits per heavy atom. The second-order valence-electron chi connectivity index (χ2n) is 5.24. The van der Waals surface area contributed by atoms with Crippen LogP contribution in [0.1, 0.15) is 12.0 Å². The topological polar surface area (TPSA) is 145 Å². The van der Waals surface area contributed by atoms with E-state index in [1.165, 1.54) is 24.3 Å². The van der Waals surface area contributed by atoms with E-state index in [0.717, 1.165) is 12.2 Å². The van der Waals surface area contributed by atoms with Crippen LogP contribution in [-0.4, -0.2) is 55.8 Å². The summed E-state index contributed by atoms with van der Waals surface area (Å²) in [7, 11) is 0. The van der Waals surface area contributed by atoms with Gasteiger partial charge in [-0.15, -0.1) is 0 Å². The van der Waals surface area contributed by atoms with Gasteiger partial charge in [0, 0.05) is 18.1 Å². The molecule has 8 heteroatoms. The first-order chi connectivity index (χ1) is 11.3. The molecule has 3 atom stereocenters. The molecule has 0 unspecified atom stereocenters. The number of hydrogen-bond acceptors (Lipinski definition) is 7. The van der Waals surface area contributed by atoms with Crippen molar-refractivity contribution in [2.45, 2.75) is 24.7 Å². The molecule has 2 rings (SSSR count). The van der Waals surface area contributed by atoms with Crippen LogP contribution >= 0.6 is 0 Å². The van der Waals surface area contributed by atoms with Crippen LogP contribution in [0.5, 0.6) is 11.5 Å². The largest absolute Gasteiger partial charge is 0.504 e. The molecule has 24 heavy (non-hydrogen) atoms. The molecule has 128 valence electrons. The van der Waals surface area contributed by atoms with Gasteiger partial charge in [0.1, 0.15) is 12.2 Å². The second-order valence-corrected chi connectivity index (χ2v) is 5.24. The minimum absolute atomic E-state index is 0.155. The lowest BCUT2D eigenvalue weighted by molar-refractivity contribution is -0.151. The lowest BCUT2D eigenvalue weighted by Gasteiger charge is -2.28. The number of aliphatic hydroxyl groups excluding tert-OH is 2. The molecular weight excluding hydrogens is 320 g/mol. The number of carboxylic acid groups (broad SMARTS) is 1. The molecule has 1 aromatic carbocycles. The number of carboxylic acids is 1. The number of phenolic OH excluding ortho intramolecular Hbond substituents is 2. The van der Waals surface area contributed by atoms with Crippen LogP contribution < -0.4 is 0 Å². The van der Waals surface area contributed by atoms with Crippen molar-refractivity contribution < 1.29 is 39.9 Å². The molecule has 0 heterocycles. The standard InChI is InChI=1S/C16H16O8/c17-10-3-1-8(5-11(10)18)2-4-14(20)24-13-7-9(16(22)23)6-12(19)15(13)21/h1-5,7,12-13,15,17-19,21H,6H2,(H,22,23)/t12-,13-,15+/m1/s1. The number of carbonyl (C=O) groups is 2. The average molecular weight is 336 g/mol. The molecule has 8 nitrogen and oxygen atoms in total. The van der Waals surface area contributed by atoms with Crippen molar-refractivity contribution >= 4 is 18.0 Å². The van der Waals surface area contributed by atoms with E-state index in [0.29, 0.717) is 5.56 Å². The van der Waals surface area contributed by atoms with Gasteiger partial charge in [-0.3, -0.25) is 0 Å². The van der Waals surface area contributed by atoms with Crippen molar-refractivity contribution in [1.29, 1.82) is 0 Å². The number of phenols is 2. The van der Waals surface area contributed by atoms with Gasteiger partial charge in [0.25, 0.3) is 0 Å². The first-order valence-corrected chi connectivity index (χ1v) is 6.98. The molecule has 0 saturated carbocycles. The van der Waals surface area contributed by atoms with Gasteiger partial charge in [0.2, 0.25) is 0 Å². The number of hydrogen-bond donors (Lipinski definition) is 5. The number of carbonyl (C=O) groups excluding carboxylic acids is 1. The van der Waals surface area contributed by atoms with E-state index < -0.39 is 30.3 Å². The number of esters is 1. The maximum Gasteiger partial charge on any atom is 0.331 e. The SMILES string of the molecule is O=C(C=Cc1ccc(O)c(O)c1)O[C@@H]1C=C(C(=O)O)C[C@@H](O)[C@@H]1O. The molecule has 0 amide bonds. The summed E-state index contributed by atoms with van der Waals surface area (Å²) in [5, 5.41) is 46.9. The Labute approximate surface area is 136 Å². The summed E-state index contributed by atoms with van der Waals surface area (Å²) in [6, 6.07) is 3.91. The van der Waals surface area contributed by atoms with E-state index in [-0.39, 0.29) is 23.5 Å². The molecule has 0 bridgehead atoms. The van der Waals surface area contributed by atoms with Gasteiger partial charge >= 0.3 is 11.9 Å². The van der Waals surface area contributed by atoms with Crippen LogP contribution in [-0.2, 0) is 14.3 Å². The zero-order chi connectivity index (χ0) is 17.9. The monoisotopic (exact) mass is 336 g/mol. The third-order valence-corrected chi connectivity index (χ3v) is 3.46. The number of aliphatic carboxylic acids is 1. The van der Waals surface area contributed by atoms with Crippen molar-refractivity contribution in [3.63, 3.8) is 0 Å². The van der Waals surface area contributed by atoms with E-state index in [9.17, 15) is 30.0 Å². The minimum atomic E-state index is -1.43. The van der Waals surface area contributed by atoms with E-state index in [1.807, 2.05) is 0 Å². The normalized spacial score (nSPS) is 23.8. The highest BCUT2D eigenvalue weighted by Gasteiger charge is 2.34. The molecule has 0 fully saturated rings. The minimum Gasteiger partial charge on any atom is -0.504 e. The highest BCUT2D eigenvalue weighted by atomic mass is 16.6. The number of aromatic hydroxyl groups is 2. The molecule has 1 aliphatic carbocycles. The van der Waals surface area contributed by atoms with E-state index in [4.69, 9.17) is 9.84 Å². The number of benzene rings is 1. The predicted molar refractivity (Wildman–Crippen MR) is 81.0 cm³/mol. The lowest BCUT2D eigenvalue weighted by Crippen LogP contribution is -2.43.